The van der Waals surface area contributed by atoms with Crippen LogP contribution in [0.5, 0.6) is 0 Å². The molecule has 3 rings (SSSR count). The van der Waals surface area contributed by atoms with E-state index in [1.165, 1.54) is 29.4 Å². The van der Waals surface area contributed by atoms with Crippen molar-refractivity contribution in [2.75, 3.05) is 0 Å². The van der Waals surface area contributed by atoms with Gasteiger partial charge in [0.25, 0.3) is 5.43 Å². The number of thiophene rings is 1. The Morgan fingerprint density at radius 3 is 2.81 bits per heavy atom. The highest BCUT2D eigenvalue weighted by Gasteiger charge is 2.16. The molecule has 0 spiro atoms. The number of hydrogen-bond donors (Lipinski definition) is 0. The second kappa shape index (κ2) is 4.74. The zero-order valence-corrected chi connectivity index (χ0v) is 12.0. The molecule has 0 fully saturated rings. The molecule has 8 heteroatoms. The fourth-order valence-corrected chi connectivity index (χ4v) is 3.09. The van der Waals surface area contributed by atoms with Crippen LogP contribution in [0.15, 0.2) is 29.6 Å². The van der Waals surface area contributed by atoms with Crippen LogP contribution < -0.4 is 5.43 Å². The van der Waals surface area contributed by atoms with Gasteiger partial charge in [0, 0.05) is 17.1 Å². The van der Waals surface area contributed by atoms with Gasteiger partial charge < -0.3 is 4.57 Å². The Labute approximate surface area is 122 Å². The molecule has 0 aliphatic rings. The monoisotopic (exact) mass is 302 g/mol. The van der Waals surface area contributed by atoms with E-state index in [2.05, 4.69) is 9.97 Å². The molecule has 0 N–H and O–H groups in total. The van der Waals surface area contributed by atoms with E-state index >= 15 is 0 Å². The fraction of sp³-hybridized carbons (Fsp3) is 0.154. The highest BCUT2D eigenvalue weighted by atomic mass is 32.1. The van der Waals surface area contributed by atoms with Crippen LogP contribution in [0, 0.1) is 24.0 Å². The predicted octanol–water partition coefficient (Wildman–Crippen LogP) is 2.37. The van der Waals surface area contributed by atoms with E-state index in [0.717, 1.165) is 20.7 Å². The molecule has 3 aromatic heterocycles. The molecule has 21 heavy (non-hydrogen) atoms. The van der Waals surface area contributed by atoms with Crippen LogP contribution in [0.4, 0.5) is 5.69 Å². The van der Waals surface area contributed by atoms with Crippen LogP contribution in [0.3, 0.4) is 0 Å². The number of nitrogens with zero attached hydrogens (tertiary/aromatic N) is 4. The number of pyridine rings is 1. The van der Waals surface area contributed by atoms with Crippen molar-refractivity contribution in [2.24, 2.45) is 0 Å². The second-order valence-electron chi connectivity index (χ2n) is 4.52. The quantitative estimate of drug-likeness (QED) is 0.535. The predicted molar refractivity (Wildman–Crippen MR) is 79.1 cm³/mol. The largest absolute Gasteiger partial charge is 0.332 e. The van der Waals surface area contributed by atoms with Gasteiger partial charge in [-0.15, -0.1) is 11.3 Å². The summed E-state index contributed by atoms with van der Waals surface area (Å²) in [7, 11) is 0. The van der Waals surface area contributed by atoms with Crippen LogP contribution in [0.25, 0.3) is 16.0 Å². The summed E-state index contributed by atoms with van der Waals surface area (Å²) in [6, 6.07) is 1.17. The first-order valence-corrected chi connectivity index (χ1v) is 6.88. The number of aromatic nitrogens is 3. The maximum atomic E-state index is 11.5. The van der Waals surface area contributed by atoms with Crippen molar-refractivity contribution < 1.29 is 4.92 Å². The normalized spacial score (nSPS) is 11.0. The summed E-state index contributed by atoms with van der Waals surface area (Å²) in [4.78, 5) is 32.1. The molecule has 0 aliphatic carbocycles. The number of nitro groups is 1. The van der Waals surface area contributed by atoms with Crippen LogP contribution in [0.1, 0.15) is 10.4 Å². The van der Waals surface area contributed by atoms with Gasteiger partial charge in [0.15, 0.2) is 0 Å². The van der Waals surface area contributed by atoms with Crippen molar-refractivity contribution in [3.05, 3.63) is 55.6 Å². The summed E-state index contributed by atoms with van der Waals surface area (Å²) in [5, 5.41) is 11.7. The number of hydrogen-bond acceptors (Lipinski definition) is 6. The third-order valence-electron chi connectivity index (χ3n) is 3.29. The van der Waals surface area contributed by atoms with Gasteiger partial charge in [0.05, 0.1) is 16.5 Å². The van der Waals surface area contributed by atoms with Crippen LogP contribution in [-0.2, 0) is 0 Å². The lowest BCUT2D eigenvalue weighted by Gasteiger charge is -2.06. The van der Waals surface area contributed by atoms with Crippen molar-refractivity contribution >= 4 is 27.2 Å². The Morgan fingerprint density at radius 2 is 2.10 bits per heavy atom. The van der Waals surface area contributed by atoms with Gasteiger partial charge in [-0.3, -0.25) is 14.9 Å². The minimum Gasteiger partial charge on any atom is -0.301 e. The van der Waals surface area contributed by atoms with Crippen molar-refractivity contribution in [1.82, 2.24) is 14.5 Å². The van der Waals surface area contributed by atoms with E-state index in [1.807, 2.05) is 13.8 Å². The lowest BCUT2D eigenvalue weighted by molar-refractivity contribution is -0.386. The van der Waals surface area contributed by atoms with Gasteiger partial charge in [-0.05, 0) is 19.4 Å². The first-order valence-electron chi connectivity index (χ1n) is 6.07. The first kappa shape index (κ1) is 13.4. The molecule has 0 aliphatic heterocycles. The second-order valence-corrected chi connectivity index (χ2v) is 5.72. The Morgan fingerprint density at radius 1 is 1.33 bits per heavy atom. The average Bonchev–Trinajstić information content (AvgIpc) is 2.74. The molecule has 0 bridgehead atoms. The van der Waals surface area contributed by atoms with E-state index in [1.54, 1.807) is 11.3 Å². The van der Waals surface area contributed by atoms with E-state index in [4.69, 9.17) is 0 Å². The van der Waals surface area contributed by atoms with Gasteiger partial charge in [-0.1, -0.05) is 0 Å². The Kier molecular flexibility index (Phi) is 3.02. The third-order valence-corrected chi connectivity index (χ3v) is 4.40. The van der Waals surface area contributed by atoms with Gasteiger partial charge in [-0.2, -0.15) is 0 Å². The molecule has 0 aromatic carbocycles. The zero-order chi connectivity index (χ0) is 15.1. The highest BCUT2D eigenvalue weighted by molar-refractivity contribution is 7.18. The van der Waals surface area contributed by atoms with Crippen molar-refractivity contribution in [1.29, 1.82) is 0 Å². The average molecular weight is 302 g/mol. The Bertz CT molecular complexity index is 929. The standard InChI is InChI=1S/C13H10N4O3S/c1-7-8(2)21-13-11(7)12(14-6-15-13)16-4-3-10(18)9(5-16)17(19)20/h3-6H,1-2H3. The van der Waals surface area contributed by atoms with E-state index < -0.39 is 16.0 Å². The number of fused-ring (bicyclic) bond motifs is 1. The maximum Gasteiger partial charge on any atom is 0.332 e. The maximum absolute atomic E-state index is 11.5. The summed E-state index contributed by atoms with van der Waals surface area (Å²) in [6.45, 7) is 3.94. The molecule has 0 saturated heterocycles. The van der Waals surface area contributed by atoms with E-state index in [-0.39, 0.29) is 0 Å². The van der Waals surface area contributed by atoms with Gasteiger partial charge in [0.1, 0.15) is 17.0 Å². The molecule has 106 valence electrons. The molecule has 7 nitrogen and oxygen atoms in total. The molecule has 0 atom stereocenters. The molecule has 0 saturated carbocycles. The minimum atomic E-state index is -0.692. The molecular formula is C13H10N4O3S. The molecule has 0 amide bonds. The first-order chi connectivity index (χ1) is 9.99. The topological polar surface area (TPSA) is 90.9 Å². The van der Waals surface area contributed by atoms with Gasteiger partial charge in [-0.25, -0.2) is 9.97 Å². The lowest BCUT2D eigenvalue weighted by Crippen LogP contribution is -2.11. The SMILES string of the molecule is Cc1sc2ncnc(-n3ccc(=O)c([N+](=O)[O-])c3)c2c1C. The summed E-state index contributed by atoms with van der Waals surface area (Å²) in [5.41, 5.74) is -0.0689. The molecule has 0 unspecified atom stereocenters. The highest BCUT2D eigenvalue weighted by Crippen LogP contribution is 2.31. The van der Waals surface area contributed by atoms with E-state index in [9.17, 15) is 14.9 Å². The molecule has 3 heterocycles. The Balaban J connectivity index is 2.33. The molecule has 0 radical (unpaired) electrons. The van der Waals surface area contributed by atoms with Gasteiger partial charge >= 0.3 is 5.69 Å². The van der Waals surface area contributed by atoms with Crippen LogP contribution >= 0.6 is 11.3 Å². The zero-order valence-electron chi connectivity index (χ0n) is 11.2. The smallest absolute Gasteiger partial charge is 0.301 e. The number of rotatable bonds is 2. The van der Waals surface area contributed by atoms with Crippen molar-refractivity contribution in [2.45, 2.75) is 13.8 Å². The van der Waals surface area contributed by atoms with Crippen molar-refractivity contribution in [3.63, 3.8) is 0 Å². The van der Waals surface area contributed by atoms with E-state index in [0.29, 0.717) is 5.82 Å². The Hall–Kier alpha value is -2.61. The summed E-state index contributed by atoms with van der Waals surface area (Å²) in [5.74, 6) is 0.532. The lowest BCUT2D eigenvalue weighted by atomic mass is 10.2. The van der Waals surface area contributed by atoms with Crippen LogP contribution in [0.2, 0.25) is 0 Å². The fourth-order valence-electron chi connectivity index (χ4n) is 2.10. The summed E-state index contributed by atoms with van der Waals surface area (Å²) >= 11 is 1.54. The summed E-state index contributed by atoms with van der Waals surface area (Å²) in [6.07, 6.45) is 4.08. The van der Waals surface area contributed by atoms with Crippen LogP contribution in [-0.4, -0.2) is 19.5 Å². The third kappa shape index (κ3) is 2.09. The number of aryl methyl sites for hydroxylation is 2. The minimum absolute atomic E-state index is 0.478. The van der Waals surface area contributed by atoms with Crippen molar-refractivity contribution in [3.8, 4) is 5.82 Å². The van der Waals surface area contributed by atoms with Gasteiger partial charge in [0.2, 0.25) is 0 Å². The molecular weight excluding hydrogens is 292 g/mol. The molecule has 3 aromatic rings. The summed E-state index contributed by atoms with van der Waals surface area (Å²) < 4.78 is 1.49.